The van der Waals surface area contributed by atoms with E-state index in [1.54, 1.807) is 6.07 Å². The van der Waals surface area contributed by atoms with E-state index in [0.717, 1.165) is 0 Å². The summed E-state index contributed by atoms with van der Waals surface area (Å²) < 4.78 is 19.5. The van der Waals surface area contributed by atoms with Crippen molar-refractivity contribution in [1.29, 1.82) is 0 Å². The van der Waals surface area contributed by atoms with Crippen LogP contribution in [0.2, 0.25) is 0 Å². The van der Waals surface area contributed by atoms with Gasteiger partial charge in [-0.05, 0) is 30.5 Å². The molecule has 1 saturated heterocycles. The minimum absolute atomic E-state index is 0.00546. The van der Waals surface area contributed by atoms with Crippen molar-refractivity contribution in [3.05, 3.63) is 28.5 Å². The molecule has 1 heterocycles. The molecule has 5 nitrogen and oxygen atoms in total. The lowest BCUT2D eigenvalue weighted by Crippen LogP contribution is -2.41. The summed E-state index contributed by atoms with van der Waals surface area (Å²) in [7, 11) is 0. The van der Waals surface area contributed by atoms with Crippen LogP contribution in [0.3, 0.4) is 0 Å². The first kappa shape index (κ1) is 17.7. The number of amides is 1. The Balaban J connectivity index is 1.98. The van der Waals surface area contributed by atoms with E-state index < -0.39 is 17.2 Å². The highest BCUT2D eigenvalue weighted by Crippen LogP contribution is 2.38. The summed E-state index contributed by atoms with van der Waals surface area (Å²) >= 11 is 3.14. The standard InChI is InChI=1S/C16H19BrFNO4/c1-10(2)16(15(21)22)5-6-19(9-16)14(20)8-23-13-4-3-11(17)7-12(13)18/h3-4,7,10H,5-6,8-9H2,1-2H3,(H,21,22). The first-order valence-corrected chi connectivity index (χ1v) is 8.14. The molecule has 1 aliphatic rings. The fraction of sp³-hybridized carbons (Fsp3) is 0.500. The maximum Gasteiger partial charge on any atom is 0.311 e. The molecule has 2 rings (SSSR count). The molecule has 0 aromatic heterocycles. The van der Waals surface area contributed by atoms with Crippen LogP contribution in [-0.2, 0) is 9.59 Å². The van der Waals surface area contributed by atoms with Gasteiger partial charge in [0.25, 0.3) is 5.91 Å². The maximum atomic E-state index is 13.7. The summed E-state index contributed by atoms with van der Waals surface area (Å²) in [4.78, 5) is 25.2. The Morgan fingerprint density at radius 1 is 1.48 bits per heavy atom. The Bertz CT molecular complexity index is 622. The van der Waals surface area contributed by atoms with Crippen LogP contribution in [0.5, 0.6) is 5.75 Å². The van der Waals surface area contributed by atoms with Crippen molar-refractivity contribution in [3.8, 4) is 5.75 Å². The first-order valence-electron chi connectivity index (χ1n) is 7.35. The number of halogens is 2. The fourth-order valence-corrected chi connectivity index (χ4v) is 3.09. The second-order valence-corrected chi connectivity index (χ2v) is 6.96. The molecule has 126 valence electrons. The van der Waals surface area contributed by atoms with Gasteiger partial charge >= 0.3 is 5.97 Å². The van der Waals surface area contributed by atoms with Crippen molar-refractivity contribution in [3.63, 3.8) is 0 Å². The molecule has 1 fully saturated rings. The molecule has 1 N–H and O–H groups in total. The minimum Gasteiger partial charge on any atom is -0.481 e. The smallest absolute Gasteiger partial charge is 0.311 e. The number of carboxylic acids is 1. The highest BCUT2D eigenvalue weighted by Gasteiger charge is 2.48. The number of ether oxygens (including phenoxy) is 1. The number of carbonyl (C=O) groups is 2. The van der Waals surface area contributed by atoms with Gasteiger partial charge in [0.1, 0.15) is 0 Å². The van der Waals surface area contributed by atoms with Gasteiger partial charge < -0.3 is 14.7 Å². The lowest BCUT2D eigenvalue weighted by atomic mass is 9.76. The summed E-state index contributed by atoms with van der Waals surface area (Å²) in [5, 5.41) is 9.48. The van der Waals surface area contributed by atoms with Crippen LogP contribution >= 0.6 is 15.9 Å². The van der Waals surface area contributed by atoms with E-state index in [1.807, 2.05) is 13.8 Å². The Morgan fingerprint density at radius 2 is 2.17 bits per heavy atom. The van der Waals surface area contributed by atoms with Gasteiger partial charge in [0.15, 0.2) is 18.2 Å². The SMILES string of the molecule is CC(C)C1(C(=O)O)CCN(C(=O)COc2ccc(Br)cc2F)C1. The van der Waals surface area contributed by atoms with Gasteiger partial charge in [-0.15, -0.1) is 0 Å². The highest BCUT2D eigenvalue weighted by molar-refractivity contribution is 9.10. The molecule has 0 spiro atoms. The average molecular weight is 388 g/mol. The molecule has 1 amide bonds. The van der Waals surface area contributed by atoms with Gasteiger partial charge in [-0.25, -0.2) is 4.39 Å². The average Bonchev–Trinajstić information content (AvgIpc) is 2.92. The molecule has 0 aliphatic carbocycles. The molecule has 1 aromatic carbocycles. The molecule has 1 atom stereocenters. The van der Waals surface area contributed by atoms with E-state index in [9.17, 15) is 19.1 Å². The van der Waals surface area contributed by atoms with Crippen molar-refractivity contribution in [1.82, 2.24) is 4.90 Å². The predicted molar refractivity (Wildman–Crippen MR) is 85.7 cm³/mol. The number of hydrogen-bond acceptors (Lipinski definition) is 3. The number of rotatable bonds is 5. The molecule has 23 heavy (non-hydrogen) atoms. The quantitative estimate of drug-likeness (QED) is 0.843. The number of aliphatic carboxylic acids is 1. The lowest BCUT2D eigenvalue weighted by Gasteiger charge is -2.28. The largest absolute Gasteiger partial charge is 0.481 e. The zero-order chi connectivity index (χ0) is 17.2. The Hall–Kier alpha value is -1.63. The summed E-state index contributed by atoms with van der Waals surface area (Å²) in [5.74, 6) is -1.87. The third-order valence-corrected chi connectivity index (χ3v) is 4.92. The van der Waals surface area contributed by atoms with Crippen LogP contribution in [-0.4, -0.2) is 41.6 Å². The molecular formula is C16H19BrFNO4. The number of hydrogen-bond donors (Lipinski definition) is 1. The molecular weight excluding hydrogens is 369 g/mol. The normalized spacial score (nSPS) is 20.8. The fourth-order valence-electron chi connectivity index (χ4n) is 2.76. The van der Waals surface area contributed by atoms with Crippen molar-refractivity contribution < 1.29 is 23.8 Å². The number of benzene rings is 1. The summed E-state index contributed by atoms with van der Waals surface area (Å²) in [6, 6.07) is 4.31. The zero-order valence-corrected chi connectivity index (χ0v) is 14.6. The van der Waals surface area contributed by atoms with Crippen LogP contribution in [0.1, 0.15) is 20.3 Å². The van der Waals surface area contributed by atoms with Gasteiger partial charge in [0, 0.05) is 17.6 Å². The minimum atomic E-state index is -0.918. The van der Waals surface area contributed by atoms with Crippen LogP contribution < -0.4 is 4.74 Å². The van der Waals surface area contributed by atoms with Crippen molar-refractivity contribution >= 4 is 27.8 Å². The Labute approximate surface area is 142 Å². The molecule has 0 saturated carbocycles. The molecule has 1 aliphatic heterocycles. The van der Waals surface area contributed by atoms with Crippen molar-refractivity contribution in [2.75, 3.05) is 19.7 Å². The van der Waals surface area contributed by atoms with E-state index >= 15 is 0 Å². The molecule has 1 aromatic rings. The van der Waals surface area contributed by atoms with Crippen LogP contribution in [0, 0.1) is 17.2 Å². The number of nitrogens with zero attached hydrogens (tertiary/aromatic N) is 1. The zero-order valence-electron chi connectivity index (χ0n) is 13.0. The maximum absolute atomic E-state index is 13.7. The van der Waals surface area contributed by atoms with E-state index in [0.29, 0.717) is 17.4 Å². The van der Waals surface area contributed by atoms with Gasteiger partial charge in [0.2, 0.25) is 0 Å². The van der Waals surface area contributed by atoms with Gasteiger partial charge in [-0.2, -0.15) is 0 Å². The lowest BCUT2D eigenvalue weighted by molar-refractivity contribution is -0.151. The Morgan fingerprint density at radius 3 is 2.70 bits per heavy atom. The molecule has 1 unspecified atom stereocenters. The number of carbonyl (C=O) groups excluding carboxylic acids is 1. The van der Waals surface area contributed by atoms with Gasteiger partial charge in [0.05, 0.1) is 5.41 Å². The summed E-state index contributed by atoms with van der Waals surface area (Å²) in [5.41, 5.74) is -0.918. The van der Waals surface area contributed by atoms with E-state index in [2.05, 4.69) is 15.9 Å². The molecule has 0 radical (unpaired) electrons. The van der Waals surface area contributed by atoms with Crippen LogP contribution in [0.25, 0.3) is 0 Å². The Kier molecular flexibility index (Phi) is 5.29. The third kappa shape index (κ3) is 3.65. The monoisotopic (exact) mass is 387 g/mol. The number of likely N-dealkylation sites (tertiary alicyclic amines) is 1. The van der Waals surface area contributed by atoms with E-state index in [4.69, 9.17) is 4.74 Å². The van der Waals surface area contributed by atoms with Crippen molar-refractivity contribution in [2.24, 2.45) is 11.3 Å². The van der Waals surface area contributed by atoms with Gasteiger partial charge in [-0.3, -0.25) is 9.59 Å². The van der Waals surface area contributed by atoms with Crippen LogP contribution in [0.15, 0.2) is 22.7 Å². The third-order valence-electron chi connectivity index (χ3n) is 4.43. The molecule has 7 heteroatoms. The van der Waals surface area contributed by atoms with Gasteiger partial charge in [-0.1, -0.05) is 29.8 Å². The molecule has 0 bridgehead atoms. The summed E-state index contributed by atoms with van der Waals surface area (Å²) in [6.45, 7) is 3.90. The predicted octanol–water partition coefficient (Wildman–Crippen LogP) is 2.93. The second-order valence-electron chi connectivity index (χ2n) is 6.04. The summed E-state index contributed by atoms with van der Waals surface area (Å²) in [6.07, 6.45) is 0.415. The van der Waals surface area contributed by atoms with E-state index in [1.165, 1.54) is 17.0 Å². The second kappa shape index (κ2) is 6.86. The van der Waals surface area contributed by atoms with Crippen LogP contribution in [0.4, 0.5) is 4.39 Å². The number of carboxylic acid groups (broad SMARTS) is 1. The highest BCUT2D eigenvalue weighted by atomic mass is 79.9. The van der Waals surface area contributed by atoms with E-state index in [-0.39, 0.29) is 30.7 Å². The topological polar surface area (TPSA) is 66.8 Å². The first-order chi connectivity index (χ1) is 10.8. The van der Waals surface area contributed by atoms with Crippen molar-refractivity contribution in [2.45, 2.75) is 20.3 Å².